The van der Waals surface area contributed by atoms with Crippen LogP contribution < -0.4 is 5.73 Å². The third-order valence-corrected chi connectivity index (χ3v) is 1.87. The van der Waals surface area contributed by atoms with Crippen molar-refractivity contribution in [3.05, 3.63) is 35.4 Å². The number of halogens is 2. The summed E-state index contributed by atoms with van der Waals surface area (Å²) in [5.41, 5.74) is 5.86. The topological polar surface area (TPSA) is 43.1 Å². The van der Waals surface area contributed by atoms with E-state index in [9.17, 15) is 13.6 Å². The first-order valence-corrected chi connectivity index (χ1v) is 4.15. The Balaban J connectivity index is 2.83. The van der Waals surface area contributed by atoms with Crippen LogP contribution in [0.1, 0.15) is 11.1 Å². The van der Waals surface area contributed by atoms with Gasteiger partial charge in [0.2, 0.25) is 0 Å². The van der Waals surface area contributed by atoms with E-state index in [4.69, 9.17) is 0 Å². The first-order valence-electron chi connectivity index (χ1n) is 4.15. The molecule has 0 atom stereocenters. The van der Waals surface area contributed by atoms with Gasteiger partial charge >= 0.3 is 5.92 Å². The summed E-state index contributed by atoms with van der Waals surface area (Å²) < 4.78 is 25.8. The van der Waals surface area contributed by atoms with E-state index in [1.165, 1.54) is 0 Å². The monoisotopic (exact) mass is 199 g/mol. The van der Waals surface area contributed by atoms with Crippen LogP contribution in [0.25, 0.3) is 0 Å². The molecule has 76 valence electrons. The maximum absolute atomic E-state index is 12.9. The molecule has 2 N–H and O–H groups in total. The SMILES string of the molecule is Cc1cccc(CC(F)(F)C(N)=O)c1. The normalized spacial score (nSPS) is 11.4. The van der Waals surface area contributed by atoms with Crippen molar-refractivity contribution in [2.24, 2.45) is 5.73 Å². The van der Waals surface area contributed by atoms with E-state index < -0.39 is 18.3 Å². The molecule has 0 spiro atoms. The van der Waals surface area contributed by atoms with Gasteiger partial charge in [-0.25, -0.2) is 0 Å². The number of rotatable bonds is 3. The minimum absolute atomic E-state index is 0.411. The Labute approximate surface area is 80.7 Å². The van der Waals surface area contributed by atoms with Gasteiger partial charge in [-0.1, -0.05) is 29.8 Å². The Bertz CT molecular complexity index is 350. The molecule has 0 aliphatic heterocycles. The van der Waals surface area contributed by atoms with Gasteiger partial charge in [0.05, 0.1) is 0 Å². The lowest BCUT2D eigenvalue weighted by Gasteiger charge is -2.12. The molecule has 14 heavy (non-hydrogen) atoms. The molecule has 0 aliphatic rings. The Morgan fingerprint density at radius 2 is 2.14 bits per heavy atom. The van der Waals surface area contributed by atoms with Crippen LogP contribution >= 0.6 is 0 Å². The number of amides is 1. The van der Waals surface area contributed by atoms with Crippen LogP contribution in [-0.2, 0) is 11.2 Å². The lowest BCUT2D eigenvalue weighted by atomic mass is 10.0. The fourth-order valence-electron chi connectivity index (χ4n) is 1.17. The fraction of sp³-hybridized carbons (Fsp3) is 0.300. The van der Waals surface area contributed by atoms with E-state index in [2.05, 4.69) is 5.73 Å². The molecule has 0 saturated heterocycles. The summed E-state index contributed by atoms with van der Waals surface area (Å²) in [5.74, 6) is -5.05. The van der Waals surface area contributed by atoms with Gasteiger partial charge in [0, 0.05) is 6.42 Å². The Hall–Kier alpha value is -1.45. The van der Waals surface area contributed by atoms with Crippen molar-refractivity contribution in [2.75, 3.05) is 0 Å². The van der Waals surface area contributed by atoms with Gasteiger partial charge in [-0.05, 0) is 12.5 Å². The summed E-state index contributed by atoms with van der Waals surface area (Å²) in [6.07, 6.45) is -0.635. The van der Waals surface area contributed by atoms with Gasteiger partial charge in [0.25, 0.3) is 5.91 Å². The molecular formula is C10H11F2NO. The predicted molar refractivity (Wildman–Crippen MR) is 49.0 cm³/mol. The minimum atomic E-state index is -3.46. The van der Waals surface area contributed by atoms with Crippen molar-refractivity contribution in [3.8, 4) is 0 Å². The molecule has 0 radical (unpaired) electrons. The van der Waals surface area contributed by atoms with Crippen LogP contribution in [0.2, 0.25) is 0 Å². The van der Waals surface area contributed by atoms with Gasteiger partial charge in [0.15, 0.2) is 0 Å². The maximum atomic E-state index is 12.9. The number of carbonyl (C=O) groups is 1. The number of benzene rings is 1. The quantitative estimate of drug-likeness (QED) is 0.790. The average molecular weight is 199 g/mol. The minimum Gasteiger partial charge on any atom is -0.364 e. The maximum Gasteiger partial charge on any atom is 0.328 e. The van der Waals surface area contributed by atoms with Gasteiger partial charge < -0.3 is 5.73 Å². The highest BCUT2D eigenvalue weighted by Gasteiger charge is 2.36. The van der Waals surface area contributed by atoms with Gasteiger partial charge in [-0.3, -0.25) is 4.79 Å². The highest BCUT2D eigenvalue weighted by Crippen LogP contribution is 2.19. The van der Waals surface area contributed by atoms with Crippen molar-refractivity contribution >= 4 is 5.91 Å². The summed E-state index contributed by atoms with van der Waals surface area (Å²) >= 11 is 0. The van der Waals surface area contributed by atoms with Gasteiger partial charge in [-0.15, -0.1) is 0 Å². The first kappa shape index (κ1) is 10.6. The van der Waals surface area contributed by atoms with Crippen LogP contribution in [0.4, 0.5) is 8.78 Å². The number of primary amides is 1. The van der Waals surface area contributed by atoms with E-state index in [1.54, 1.807) is 31.2 Å². The van der Waals surface area contributed by atoms with E-state index >= 15 is 0 Å². The standard InChI is InChI=1S/C10H11F2NO/c1-7-3-2-4-8(5-7)6-10(11,12)9(13)14/h2-5H,6H2,1H3,(H2,13,14). The third kappa shape index (κ3) is 2.52. The lowest BCUT2D eigenvalue weighted by molar-refractivity contribution is -0.141. The second kappa shape index (κ2) is 3.74. The second-order valence-corrected chi connectivity index (χ2v) is 3.23. The number of alkyl halides is 2. The zero-order chi connectivity index (χ0) is 10.8. The highest BCUT2D eigenvalue weighted by atomic mass is 19.3. The molecule has 1 amide bonds. The van der Waals surface area contributed by atoms with Crippen LogP contribution in [0, 0.1) is 6.92 Å². The molecule has 0 aliphatic carbocycles. The number of hydrogen-bond acceptors (Lipinski definition) is 1. The molecule has 0 saturated carbocycles. The number of nitrogens with two attached hydrogens (primary N) is 1. The molecule has 1 aromatic rings. The molecule has 2 nitrogen and oxygen atoms in total. The molecule has 0 fully saturated rings. The molecular weight excluding hydrogens is 188 g/mol. The molecule has 1 aromatic carbocycles. The van der Waals surface area contributed by atoms with Crippen LogP contribution in [0.5, 0.6) is 0 Å². The zero-order valence-electron chi connectivity index (χ0n) is 7.76. The molecule has 0 bridgehead atoms. The van der Waals surface area contributed by atoms with E-state index in [0.29, 0.717) is 5.56 Å². The summed E-state index contributed by atoms with van der Waals surface area (Å²) in [7, 11) is 0. The largest absolute Gasteiger partial charge is 0.364 e. The number of carbonyl (C=O) groups excluding carboxylic acids is 1. The summed E-state index contributed by atoms with van der Waals surface area (Å²) in [6, 6.07) is 6.62. The second-order valence-electron chi connectivity index (χ2n) is 3.23. The zero-order valence-corrected chi connectivity index (χ0v) is 7.76. The summed E-state index contributed by atoms with van der Waals surface area (Å²) in [5, 5.41) is 0. The van der Waals surface area contributed by atoms with Crippen molar-refractivity contribution in [1.29, 1.82) is 0 Å². The van der Waals surface area contributed by atoms with Crippen molar-refractivity contribution in [3.63, 3.8) is 0 Å². The number of hydrogen-bond donors (Lipinski definition) is 1. The van der Waals surface area contributed by atoms with Gasteiger partial charge in [0.1, 0.15) is 0 Å². The van der Waals surface area contributed by atoms with Crippen LogP contribution in [0.3, 0.4) is 0 Å². The van der Waals surface area contributed by atoms with Crippen LogP contribution in [0.15, 0.2) is 24.3 Å². The lowest BCUT2D eigenvalue weighted by Crippen LogP contribution is -2.37. The molecule has 1 rings (SSSR count). The molecule has 0 unspecified atom stereocenters. The van der Waals surface area contributed by atoms with E-state index in [0.717, 1.165) is 5.56 Å². The van der Waals surface area contributed by atoms with E-state index in [1.807, 2.05) is 0 Å². The van der Waals surface area contributed by atoms with Crippen molar-refractivity contribution < 1.29 is 13.6 Å². The molecule has 0 heterocycles. The van der Waals surface area contributed by atoms with E-state index in [-0.39, 0.29) is 0 Å². The smallest absolute Gasteiger partial charge is 0.328 e. The van der Waals surface area contributed by atoms with Crippen molar-refractivity contribution in [2.45, 2.75) is 19.3 Å². The fourth-order valence-corrected chi connectivity index (χ4v) is 1.17. The first-order chi connectivity index (χ1) is 6.42. The molecule has 0 aromatic heterocycles. The predicted octanol–water partition coefficient (Wildman–Crippen LogP) is 1.66. The third-order valence-electron chi connectivity index (χ3n) is 1.87. The van der Waals surface area contributed by atoms with Crippen LogP contribution in [-0.4, -0.2) is 11.8 Å². The molecule has 4 heteroatoms. The summed E-state index contributed by atoms with van der Waals surface area (Å²) in [4.78, 5) is 10.4. The Kier molecular flexibility index (Phi) is 2.84. The summed E-state index contributed by atoms with van der Waals surface area (Å²) in [6.45, 7) is 1.80. The van der Waals surface area contributed by atoms with Crippen molar-refractivity contribution in [1.82, 2.24) is 0 Å². The number of aryl methyl sites for hydroxylation is 1. The highest BCUT2D eigenvalue weighted by molar-refractivity contribution is 5.81. The Morgan fingerprint density at radius 3 is 2.64 bits per heavy atom. The Morgan fingerprint density at radius 1 is 1.50 bits per heavy atom. The van der Waals surface area contributed by atoms with Gasteiger partial charge in [-0.2, -0.15) is 8.78 Å². The average Bonchev–Trinajstić information content (AvgIpc) is 2.02.